The van der Waals surface area contributed by atoms with Crippen molar-refractivity contribution < 1.29 is 18.1 Å². The van der Waals surface area contributed by atoms with Crippen molar-refractivity contribution >= 4 is 15.9 Å². The molecule has 0 radical (unpaired) electrons. The van der Waals surface area contributed by atoms with Gasteiger partial charge in [-0.05, 0) is 49.9 Å². The fourth-order valence-corrected chi connectivity index (χ4v) is 4.64. The summed E-state index contributed by atoms with van der Waals surface area (Å²) in [4.78, 5) is 13.7. The van der Waals surface area contributed by atoms with Gasteiger partial charge in [0.1, 0.15) is 0 Å². The predicted octanol–water partition coefficient (Wildman–Crippen LogP) is 0.353. The Morgan fingerprint density at radius 3 is 2.31 bits per heavy atom. The summed E-state index contributed by atoms with van der Waals surface area (Å²) in [6.07, 6.45) is 0. The molecule has 1 heterocycles. The number of nitrogens with one attached hydrogen (secondary N) is 2. The van der Waals surface area contributed by atoms with Gasteiger partial charge in [-0.15, -0.1) is 0 Å². The molecular weight excluding hydrogens is 350 g/mol. The van der Waals surface area contributed by atoms with Gasteiger partial charge in [0, 0.05) is 6.54 Å². The first-order chi connectivity index (χ1) is 12.1. The van der Waals surface area contributed by atoms with Gasteiger partial charge in [0.2, 0.25) is 10.0 Å². The molecule has 0 bridgehead atoms. The molecule has 0 aromatic heterocycles. The Morgan fingerprint density at radius 2 is 1.77 bits per heavy atom. The number of nitrogens with zero attached hydrogens (tertiary/aromatic N) is 1. The van der Waals surface area contributed by atoms with Crippen molar-refractivity contribution in [3.8, 4) is 0 Å². The van der Waals surface area contributed by atoms with Gasteiger partial charge in [0.05, 0.1) is 31.1 Å². The maximum Gasteiger partial charge on any atom is 0.278 e. The van der Waals surface area contributed by atoms with Crippen LogP contribution in [0.15, 0.2) is 23.1 Å². The van der Waals surface area contributed by atoms with Gasteiger partial charge < -0.3 is 10.2 Å². The van der Waals surface area contributed by atoms with Crippen LogP contribution in [0.3, 0.4) is 0 Å². The van der Waals surface area contributed by atoms with Crippen LogP contribution in [-0.4, -0.2) is 57.4 Å². The maximum absolute atomic E-state index is 12.9. The molecule has 7 heteroatoms. The van der Waals surface area contributed by atoms with Crippen LogP contribution in [0.4, 0.5) is 0 Å². The van der Waals surface area contributed by atoms with Gasteiger partial charge in [-0.25, -0.2) is 8.42 Å². The summed E-state index contributed by atoms with van der Waals surface area (Å²) < 4.78 is 27.3. The third kappa shape index (κ3) is 4.84. The number of hydrogen-bond donors (Lipinski definition) is 2. The van der Waals surface area contributed by atoms with E-state index in [1.165, 1.54) is 0 Å². The molecule has 0 spiro atoms. The van der Waals surface area contributed by atoms with Crippen LogP contribution < -0.4 is 10.2 Å². The zero-order valence-corrected chi connectivity index (χ0v) is 17.3. The molecule has 1 atom stereocenters. The second-order valence-corrected chi connectivity index (χ2v) is 9.61. The molecule has 0 aliphatic carbocycles. The SMILES string of the molecule is Cc1ccc(S(=O)(=O)N2CC[NH+]([C@@H](C)C(=O)NCC(C)C)CC2)cc1C. The Balaban J connectivity index is 1.98. The number of carbonyl (C=O) groups is 1. The van der Waals surface area contributed by atoms with Crippen LogP contribution in [0, 0.1) is 19.8 Å². The van der Waals surface area contributed by atoms with Crippen molar-refractivity contribution in [2.75, 3.05) is 32.7 Å². The van der Waals surface area contributed by atoms with Crippen LogP contribution >= 0.6 is 0 Å². The van der Waals surface area contributed by atoms with Gasteiger partial charge in [-0.1, -0.05) is 19.9 Å². The molecule has 26 heavy (non-hydrogen) atoms. The Morgan fingerprint density at radius 1 is 1.15 bits per heavy atom. The number of benzene rings is 1. The fourth-order valence-electron chi connectivity index (χ4n) is 3.11. The zero-order valence-electron chi connectivity index (χ0n) is 16.5. The molecule has 6 nitrogen and oxygen atoms in total. The van der Waals surface area contributed by atoms with Crippen molar-refractivity contribution in [3.05, 3.63) is 29.3 Å². The molecule has 1 fully saturated rings. The third-order valence-corrected chi connectivity index (χ3v) is 7.07. The van der Waals surface area contributed by atoms with Crippen molar-refractivity contribution in [1.82, 2.24) is 9.62 Å². The van der Waals surface area contributed by atoms with E-state index in [4.69, 9.17) is 0 Å². The van der Waals surface area contributed by atoms with Crippen LogP contribution in [-0.2, 0) is 14.8 Å². The first kappa shape index (κ1) is 20.9. The van der Waals surface area contributed by atoms with E-state index in [0.717, 1.165) is 16.0 Å². The lowest BCUT2D eigenvalue weighted by Gasteiger charge is -2.34. The molecule has 0 unspecified atom stereocenters. The number of carbonyl (C=O) groups excluding carboxylic acids is 1. The fraction of sp³-hybridized carbons (Fsp3) is 0.632. The number of sulfonamides is 1. The second-order valence-electron chi connectivity index (χ2n) is 7.67. The first-order valence-corrected chi connectivity index (χ1v) is 10.8. The molecule has 1 saturated heterocycles. The normalized spacial score (nSPS) is 18.1. The number of quaternary nitrogens is 1. The lowest BCUT2D eigenvalue weighted by molar-refractivity contribution is -0.917. The molecule has 1 aliphatic rings. The Hall–Kier alpha value is -1.44. The standard InChI is InChI=1S/C19H31N3O3S/c1-14(2)13-20-19(23)17(5)21-8-10-22(11-9-21)26(24,25)18-7-6-15(3)16(4)12-18/h6-7,12,14,17H,8-11,13H2,1-5H3,(H,20,23)/p+1/t17-/m0/s1. The van der Waals surface area contributed by atoms with Gasteiger partial charge >= 0.3 is 0 Å². The van der Waals surface area contributed by atoms with E-state index in [-0.39, 0.29) is 11.9 Å². The minimum absolute atomic E-state index is 0.0409. The topological polar surface area (TPSA) is 70.9 Å². The van der Waals surface area contributed by atoms with Crippen molar-refractivity contribution in [1.29, 1.82) is 0 Å². The van der Waals surface area contributed by atoms with Crippen molar-refractivity contribution in [3.63, 3.8) is 0 Å². The minimum atomic E-state index is -3.47. The largest absolute Gasteiger partial charge is 0.351 e. The average molecular weight is 383 g/mol. The molecule has 1 aliphatic heterocycles. The van der Waals surface area contributed by atoms with E-state index in [1.807, 2.05) is 26.8 Å². The molecule has 1 aromatic rings. The van der Waals surface area contributed by atoms with Gasteiger partial charge in [0.15, 0.2) is 6.04 Å². The summed E-state index contributed by atoms with van der Waals surface area (Å²) >= 11 is 0. The van der Waals surface area contributed by atoms with E-state index >= 15 is 0 Å². The van der Waals surface area contributed by atoms with Crippen LogP contribution in [0.5, 0.6) is 0 Å². The summed E-state index contributed by atoms with van der Waals surface area (Å²) in [5.41, 5.74) is 2.06. The van der Waals surface area contributed by atoms with E-state index in [2.05, 4.69) is 19.2 Å². The summed E-state index contributed by atoms with van der Waals surface area (Å²) in [6, 6.07) is 5.11. The summed E-state index contributed by atoms with van der Waals surface area (Å²) in [6.45, 7) is 12.8. The lowest BCUT2D eigenvalue weighted by Crippen LogP contribution is -3.19. The Bertz CT molecular complexity index is 738. The maximum atomic E-state index is 12.9. The molecule has 1 amide bonds. The molecule has 2 N–H and O–H groups in total. The van der Waals surface area contributed by atoms with E-state index < -0.39 is 10.0 Å². The number of rotatable bonds is 6. The minimum Gasteiger partial charge on any atom is -0.351 e. The third-order valence-electron chi connectivity index (χ3n) is 5.17. The van der Waals surface area contributed by atoms with E-state index in [0.29, 0.717) is 43.5 Å². The van der Waals surface area contributed by atoms with E-state index in [9.17, 15) is 13.2 Å². The number of aryl methyl sites for hydroxylation is 2. The predicted molar refractivity (Wildman–Crippen MR) is 103 cm³/mol. The van der Waals surface area contributed by atoms with Crippen LogP contribution in [0.1, 0.15) is 31.9 Å². The molecule has 1 aromatic carbocycles. The molecule has 146 valence electrons. The highest BCUT2D eigenvalue weighted by Crippen LogP contribution is 2.19. The van der Waals surface area contributed by atoms with Gasteiger partial charge in [-0.3, -0.25) is 4.79 Å². The number of piperazine rings is 1. The van der Waals surface area contributed by atoms with Crippen molar-refractivity contribution in [2.24, 2.45) is 5.92 Å². The second kappa shape index (κ2) is 8.50. The molecular formula is C19H32N3O3S+. The quantitative estimate of drug-likeness (QED) is 0.746. The average Bonchev–Trinajstić information content (AvgIpc) is 2.61. The van der Waals surface area contributed by atoms with Crippen LogP contribution in [0.25, 0.3) is 0 Å². The Kier molecular flexibility index (Phi) is 6.82. The van der Waals surface area contributed by atoms with Gasteiger partial charge in [0.25, 0.3) is 5.91 Å². The number of hydrogen-bond acceptors (Lipinski definition) is 3. The summed E-state index contributed by atoms with van der Waals surface area (Å²) in [5, 5.41) is 2.97. The smallest absolute Gasteiger partial charge is 0.278 e. The highest BCUT2D eigenvalue weighted by atomic mass is 32.2. The zero-order chi connectivity index (χ0) is 19.5. The van der Waals surface area contributed by atoms with Crippen LogP contribution in [0.2, 0.25) is 0 Å². The summed E-state index contributed by atoms with van der Waals surface area (Å²) in [5.74, 6) is 0.459. The summed E-state index contributed by atoms with van der Waals surface area (Å²) in [7, 11) is -3.47. The van der Waals surface area contributed by atoms with Gasteiger partial charge in [-0.2, -0.15) is 4.31 Å². The van der Waals surface area contributed by atoms with E-state index in [1.54, 1.807) is 16.4 Å². The highest BCUT2D eigenvalue weighted by molar-refractivity contribution is 7.89. The lowest BCUT2D eigenvalue weighted by atomic mass is 10.1. The van der Waals surface area contributed by atoms with Crippen molar-refractivity contribution in [2.45, 2.75) is 45.6 Å². The molecule has 0 saturated carbocycles. The highest BCUT2D eigenvalue weighted by Gasteiger charge is 2.34. The Labute approximate surface area is 157 Å². The first-order valence-electron chi connectivity index (χ1n) is 9.32. The molecule has 2 rings (SSSR count). The monoisotopic (exact) mass is 382 g/mol. The number of amides is 1.